The SMILES string of the molecule is Cc1cc(C(=O)N(C)CC(=O)NC(C)C)ccc1F. The summed E-state index contributed by atoms with van der Waals surface area (Å²) in [6, 6.07) is 4.18. The molecular formula is C14H19FN2O2. The zero-order valence-corrected chi connectivity index (χ0v) is 11.7. The Morgan fingerprint density at radius 2 is 2.00 bits per heavy atom. The fraction of sp³-hybridized carbons (Fsp3) is 0.429. The first-order valence-corrected chi connectivity index (χ1v) is 6.12. The van der Waals surface area contributed by atoms with Crippen molar-refractivity contribution in [3.8, 4) is 0 Å². The summed E-state index contributed by atoms with van der Waals surface area (Å²) in [5, 5.41) is 2.71. The number of likely N-dealkylation sites (N-methyl/N-ethyl adjacent to an activating group) is 1. The molecule has 104 valence electrons. The summed E-state index contributed by atoms with van der Waals surface area (Å²) >= 11 is 0. The number of hydrogen-bond donors (Lipinski definition) is 1. The number of nitrogens with zero attached hydrogens (tertiary/aromatic N) is 1. The zero-order chi connectivity index (χ0) is 14.6. The van der Waals surface area contributed by atoms with Crippen molar-refractivity contribution < 1.29 is 14.0 Å². The van der Waals surface area contributed by atoms with Crippen molar-refractivity contribution in [2.45, 2.75) is 26.8 Å². The van der Waals surface area contributed by atoms with E-state index in [1.54, 1.807) is 14.0 Å². The van der Waals surface area contributed by atoms with E-state index in [0.717, 1.165) is 0 Å². The van der Waals surface area contributed by atoms with Gasteiger partial charge in [0.05, 0.1) is 6.54 Å². The average Bonchev–Trinajstić information content (AvgIpc) is 2.30. The van der Waals surface area contributed by atoms with Gasteiger partial charge in [-0.3, -0.25) is 9.59 Å². The maximum atomic E-state index is 13.1. The Kier molecular flexibility index (Phi) is 5.03. The number of halogens is 1. The second-order valence-electron chi connectivity index (χ2n) is 4.85. The van der Waals surface area contributed by atoms with Gasteiger partial charge in [0, 0.05) is 18.7 Å². The molecule has 0 heterocycles. The van der Waals surface area contributed by atoms with Crippen molar-refractivity contribution in [3.63, 3.8) is 0 Å². The molecule has 2 amide bonds. The molecule has 0 aliphatic heterocycles. The summed E-state index contributed by atoms with van der Waals surface area (Å²) in [6.45, 7) is 5.27. The monoisotopic (exact) mass is 266 g/mol. The molecule has 0 saturated heterocycles. The molecule has 0 aliphatic rings. The van der Waals surface area contributed by atoms with Crippen molar-refractivity contribution in [1.82, 2.24) is 10.2 Å². The smallest absolute Gasteiger partial charge is 0.254 e. The van der Waals surface area contributed by atoms with Gasteiger partial charge in [-0.15, -0.1) is 0 Å². The summed E-state index contributed by atoms with van der Waals surface area (Å²) in [4.78, 5) is 24.9. The molecule has 1 rings (SSSR count). The molecule has 19 heavy (non-hydrogen) atoms. The Balaban J connectivity index is 2.71. The van der Waals surface area contributed by atoms with Gasteiger partial charge < -0.3 is 10.2 Å². The van der Waals surface area contributed by atoms with Crippen LogP contribution in [0.1, 0.15) is 29.8 Å². The maximum absolute atomic E-state index is 13.1. The van der Waals surface area contributed by atoms with Gasteiger partial charge in [-0.1, -0.05) is 0 Å². The zero-order valence-electron chi connectivity index (χ0n) is 11.7. The third-order valence-corrected chi connectivity index (χ3v) is 2.58. The van der Waals surface area contributed by atoms with E-state index in [0.29, 0.717) is 11.1 Å². The lowest BCUT2D eigenvalue weighted by molar-refractivity contribution is -0.122. The predicted molar refractivity (Wildman–Crippen MR) is 71.4 cm³/mol. The molecular weight excluding hydrogens is 247 g/mol. The number of nitrogens with one attached hydrogen (secondary N) is 1. The largest absolute Gasteiger partial charge is 0.352 e. The van der Waals surface area contributed by atoms with Gasteiger partial charge in [-0.05, 0) is 44.5 Å². The number of carbonyl (C=O) groups is 2. The summed E-state index contributed by atoms with van der Waals surface area (Å²) in [6.07, 6.45) is 0. The maximum Gasteiger partial charge on any atom is 0.254 e. The molecule has 0 atom stereocenters. The van der Waals surface area contributed by atoms with Crippen LogP contribution in [0.4, 0.5) is 4.39 Å². The van der Waals surface area contributed by atoms with Crippen molar-refractivity contribution in [2.75, 3.05) is 13.6 Å². The highest BCUT2D eigenvalue weighted by Gasteiger charge is 2.16. The topological polar surface area (TPSA) is 49.4 Å². The van der Waals surface area contributed by atoms with Crippen LogP contribution in [-0.2, 0) is 4.79 Å². The van der Waals surface area contributed by atoms with Gasteiger partial charge in [0.15, 0.2) is 0 Å². The van der Waals surface area contributed by atoms with Crippen LogP contribution in [0.25, 0.3) is 0 Å². The molecule has 0 saturated carbocycles. The van der Waals surface area contributed by atoms with Gasteiger partial charge in [0.2, 0.25) is 5.91 Å². The van der Waals surface area contributed by atoms with Crippen molar-refractivity contribution >= 4 is 11.8 Å². The molecule has 0 aliphatic carbocycles. The first-order valence-electron chi connectivity index (χ1n) is 6.12. The van der Waals surface area contributed by atoms with Gasteiger partial charge in [-0.25, -0.2) is 4.39 Å². The third kappa shape index (κ3) is 4.35. The highest BCUT2D eigenvalue weighted by Crippen LogP contribution is 2.10. The van der Waals surface area contributed by atoms with Crippen LogP contribution >= 0.6 is 0 Å². The molecule has 0 aromatic heterocycles. The lowest BCUT2D eigenvalue weighted by atomic mass is 10.1. The molecule has 5 heteroatoms. The van der Waals surface area contributed by atoms with Gasteiger partial charge in [0.1, 0.15) is 5.82 Å². The minimum Gasteiger partial charge on any atom is -0.352 e. The Morgan fingerprint density at radius 1 is 1.37 bits per heavy atom. The quantitative estimate of drug-likeness (QED) is 0.902. The van der Waals surface area contributed by atoms with Crippen molar-refractivity contribution in [3.05, 3.63) is 35.1 Å². The van der Waals surface area contributed by atoms with Crippen LogP contribution < -0.4 is 5.32 Å². The molecule has 1 aromatic carbocycles. The first kappa shape index (κ1) is 15.1. The van der Waals surface area contributed by atoms with Crippen LogP contribution in [-0.4, -0.2) is 36.3 Å². The minimum atomic E-state index is -0.350. The fourth-order valence-corrected chi connectivity index (χ4v) is 1.65. The van der Waals surface area contributed by atoms with Crippen LogP contribution in [0, 0.1) is 12.7 Å². The lowest BCUT2D eigenvalue weighted by Gasteiger charge is -2.18. The minimum absolute atomic E-state index is 0.0204. The number of benzene rings is 1. The van der Waals surface area contributed by atoms with Crippen LogP contribution in [0.15, 0.2) is 18.2 Å². The van der Waals surface area contributed by atoms with Gasteiger partial charge in [-0.2, -0.15) is 0 Å². The van der Waals surface area contributed by atoms with E-state index in [4.69, 9.17) is 0 Å². The normalized spacial score (nSPS) is 10.4. The Hall–Kier alpha value is -1.91. The van der Waals surface area contributed by atoms with E-state index >= 15 is 0 Å². The van der Waals surface area contributed by atoms with Gasteiger partial charge >= 0.3 is 0 Å². The van der Waals surface area contributed by atoms with Crippen LogP contribution in [0.2, 0.25) is 0 Å². The number of amides is 2. The Bertz CT molecular complexity index is 486. The predicted octanol–water partition coefficient (Wildman–Crippen LogP) is 1.73. The number of rotatable bonds is 4. The van der Waals surface area contributed by atoms with Crippen LogP contribution in [0.3, 0.4) is 0 Å². The van der Waals surface area contributed by atoms with Crippen molar-refractivity contribution in [1.29, 1.82) is 0 Å². The van der Waals surface area contributed by atoms with E-state index in [9.17, 15) is 14.0 Å². The highest BCUT2D eigenvalue weighted by atomic mass is 19.1. The van der Waals surface area contributed by atoms with E-state index in [-0.39, 0.29) is 30.2 Å². The molecule has 4 nitrogen and oxygen atoms in total. The molecule has 0 fully saturated rings. The second-order valence-corrected chi connectivity index (χ2v) is 4.85. The molecule has 0 radical (unpaired) electrons. The highest BCUT2D eigenvalue weighted by molar-refractivity contribution is 5.96. The Labute approximate surface area is 112 Å². The number of hydrogen-bond acceptors (Lipinski definition) is 2. The second kappa shape index (κ2) is 6.31. The lowest BCUT2D eigenvalue weighted by Crippen LogP contribution is -2.40. The van der Waals surface area contributed by atoms with E-state index in [1.807, 2.05) is 13.8 Å². The van der Waals surface area contributed by atoms with E-state index < -0.39 is 0 Å². The van der Waals surface area contributed by atoms with E-state index in [1.165, 1.54) is 23.1 Å². The summed E-state index contributed by atoms with van der Waals surface area (Å²) in [7, 11) is 1.54. The Morgan fingerprint density at radius 3 is 2.53 bits per heavy atom. The average molecular weight is 266 g/mol. The third-order valence-electron chi connectivity index (χ3n) is 2.58. The number of aryl methyl sites for hydroxylation is 1. The molecule has 0 bridgehead atoms. The number of carbonyl (C=O) groups excluding carboxylic acids is 2. The summed E-state index contributed by atoms with van der Waals surface area (Å²) in [5.74, 6) is -0.872. The summed E-state index contributed by atoms with van der Waals surface area (Å²) < 4.78 is 13.1. The fourth-order valence-electron chi connectivity index (χ4n) is 1.65. The van der Waals surface area contributed by atoms with Gasteiger partial charge in [0.25, 0.3) is 5.91 Å². The molecule has 1 aromatic rings. The molecule has 0 unspecified atom stereocenters. The standard InChI is InChI=1S/C14H19FN2O2/c1-9(2)16-13(18)8-17(4)14(19)11-5-6-12(15)10(3)7-11/h5-7,9H,8H2,1-4H3,(H,16,18). The molecule has 0 spiro atoms. The molecule has 1 N–H and O–H groups in total. The van der Waals surface area contributed by atoms with Crippen LogP contribution in [0.5, 0.6) is 0 Å². The summed E-state index contributed by atoms with van der Waals surface area (Å²) in [5.41, 5.74) is 0.782. The first-order chi connectivity index (χ1) is 8.81. The van der Waals surface area contributed by atoms with E-state index in [2.05, 4.69) is 5.32 Å². The van der Waals surface area contributed by atoms with Crippen molar-refractivity contribution in [2.24, 2.45) is 0 Å².